The Morgan fingerprint density at radius 1 is 1.00 bits per heavy atom. The molecule has 1 aliphatic rings. The number of imidazole rings is 1. The Bertz CT molecular complexity index is 1120. The molecular formula is C20H29N7O3. The second kappa shape index (κ2) is 8.95. The predicted octanol–water partition coefficient (Wildman–Crippen LogP) is 0.868. The molecule has 162 valence electrons. The number of aromatic nitrogens is 6. The predicted molar refractivity (Wildman–Crippen MR) is 111 cm³/mol. The zero-order valence-electron chi connectivity index (χ0n) is 17.7. The Kier molecular flexibility index (Phi) is 6.12. The van der Waals surface area contributed by atoms with Gasteiger partial charge in [-0.25, -0.2) is 9.78 Å². The fourth-order valence-corrected chi connectivity index (χ4v) is 4.10. The van der Waals surface area contributed by atoms with Crippen molar-refractivity contribution in [3.05, 3.63) is 38.9 Å². The summed E-state index contributed by atoms with van der Waals surface area (Å²) >= 11 is 0. The molecule has 3 aromatic heterocycles. The van der Waals surface area contributed by atoms with Crippen LogP contribution in [0, 0.1) is 0 Å². The molecule has 10 nitrogen and oxygen atoms in total. The molecule has 30 heavy (non-hydrogen) atoms. The van der Waals surface area contributed by atoms with Crippen molar-refractivity contribution in [1.82, 2.24) is 33.7 Å². The third-order valence-corrected chi connectivity index (χ3v) is 5.84. The minimum absolute atomic E-state index is 0.332. The van der Waals surface area contributed by atoms with Crippen LogP contribution in [0.5, 0.6) is 0 Å². The lowest BCUT2D eigenvalue weighted by Crippen LogP contribution is -2.37. The number of rotatable bonds is 8. The summed E-state index contributed by atoms with van der Waals surface area (Å²) in [5.41, 5.74) is 0.128. The van der Waals surface area contributed by atoms with Gasteiger partial charge in [0, 0.05) is 33.5 Å². The van der Waals surface area contributed by atoms with Gasteiger partial charge in [-0.15, -0.1) is 0 Å². The molecule has 0 aromatic carbocycles. The van der Waals surface area contributed by atoms with Crippen molar-refractivity contribution in [3.8, 4) is 0 Å². The number of hydrogen-bond donors (Lipinski definition) is 0. The lowest BCUT2D eigenvalue weighted by Gasteiger charge is -2.25. The first-order valence-corrected chi connectivity index (χ1v) is 10.7. The average molecular weight is 415 g/mol. The second-order valence-corrected chi connectivity index (χ2v) is 8.03. The van der Waals surface area contributed by atoms with Gasteiger partial charge in [0.2, 0.25) is 5.89 Å². The molecule has 0 aliphatic carbocycles. The van der Waals surface area contributed by atoms with E-state index in [-0.39, 0.29) is 11.2 Å². The molecule has 3 aromatic rings. The maximum atomic E-state index is 12.5. The highest BCUT2D eigenvalue weighted by Gasteiger charge is 2.15. The van der Waals surface area contributed by atoms with Crippen LogP contribution in [0.4, 0.5) is 0 Å². The lowest BCUT2D eigenvalue weighted by molar-refractivity contribution is 0.223. The van der Waals surface area contributed by atoms with Crippen molar-refractivity contribution in [3.63, 3.8) is 0 Å². The Morgan fingerprint density at radius 2 is 1.77 bits per heavy atom. The summed E-state index contributed by atoms with van der Waals surface area (Å²) in [5.74, 6) is 1.38. The molecule has 0 bridgehead atoms. The molecule has 0 N–H and O–H groups in total. The highest BCUT2D eigenvalue weighted by Crippen LogP contribution is 2.11. The van der Waals surface area contributed by atoms with Gasteiger partial charge in [0.05, 0.1) is 6.33 Å². The van der Waals surface area contributed by atoms with Crippen molar-refractivity contribution in [1.29, 1.82) is 0 Å². The van der Waals surface area contributed by atoms with E-state index in [0.29, 0.717) is 35.8 Å². The van der Waals surface area contributed by atoms with Crippen LogP contribution in [0.25, 0.3) is 11.2 Å². The number of nitrogens with zero attached hydrogens (tertiary/aromatic N) is 7. The topological polar surface area (TPSA) is 104 Å². The van der Waals surface area contributed by atoms with Crippen LogP contribution in [0.3, 0.4) is 0 Å². The highest BCUT2D eigenvalue weighted by molar-refractivity contribution is 5.69. The van der Waals surface area contributed by atoms with E-state index in [9.17, 15) is 9.59 Å². The minimum atomic E-state index is -0.377. The summed E-state index contributed by atoms with van der Waals surface area (Å²) in [6.07, 6.45) is 8.80. The van der Waals surface area contributed by atoms with Gasteiger partial charge in [-0.2, -0.15) is 4.98 Å². The molecule has 1 fully saturated rings. The van der Waals surface area contributed by atoms with Gasteiger partial charge in [-0.05, 0) is 45.3 Å². The number of likely N-dealkylation sites (tertiary alicyclic amines) is 1. The highest BCUT2D eigenvalue weighted by atomic mass is 16.5. The summed E-state index contributed by atoms with van der Waals surface area (Å²) in [6.45, 7) is 4.08. The quantitative estimate of drug-likeness (QED) is 0.538. The van der Waals surface area contributed by atoms with Gasteiger partial charge < -0.3 is 14.0 Å². The molecule has 4 rings (SSSR count). The van der Waals surface area contributed by atoms with E-state index in [1.807, 2.05) is 0 Å². The van der Waals surface area contributed by atoms with E-state index in [0.717, 1.165) is 30.4 Å². The molecule has 0 atom stereocenters. The monoisotopic (exact) mass is 415 g/mol. The lowest BCUT2D eigenvalue weighted by atomic mass is 10.1. The van der Waals surface area contributed by atoms with Crippen molar-refractivity contribution in [2.75, 3.05) is 19.6 Å². The van der Waals surface area contributed by atoms with E-state index in [1.165, 1.54) is 44.0 Å². The number of hydrogen-bond acceptors (Lipinski definition) is 7. The van der Waals surface area contributed by atoms with Gasteiger partial charge in [-0.1, -0.05) is 11.6 Å². The smallest absolute Gasteiger partial charge is 0.332 e. The molecule has 0 radical (unpaired) electrons. The minimum Gasteiger partial charge on any atom is -0.339 e. The third-order valence-electron chi connectivity index (χ3n) is 5.84. The zero-order valence-corrected chi connectivity index (χ0v) is 17.7. The number of piperidine rings is 1. The van der Waals surface area contributed by atoms with Crippen molar-refractivity contribution < 1.29 is 4.52 Å². The summed E-state index contributed by atoms with van der Waals surface area (Å²) in [7, 11) is 3.10. The van der Waals surface area contributed by atoms with Gasteiger partial charge in [0.25, 0.3) is 5.56 Å². The average Bonchev–Trinajstić information content (AvgIpc) is 3.39. The number of aryl methyl sites for hydroxylation is 4. The fraction of sp³-hybridized carbons (Fsp3) is 0.650. The van der Waals surface area contributed by atoms with Crippen LogP contribution in [0.15, 0.2) is 20.4 Å². The van der Waals surface area contributed by atoms with E-state index in [1.54, 1.807) is 17.9 Å². The third kappa shape index (κ3) is 4.23. The van der Waals surface area contributed by atoms with Gasteiger partial charge in [0.1, 0.15) is 0 Å². The summed E-state index contributed by atoms with van der Waals surface area (Å²) in [6, 6.07) is 0. The second-order valence-electron chi connectivity index (χ2n) is 8.03. The van der Waals surface area contributed by atoms with Gasteiger partial charge >= 0.3 is 5.69 Å². The fourth-order valence-electron chi connectivity index (χ4n) is 4.10. The van der Waals surface area contributed by atoms with Gasteiger partial charge in [-0.3, -0.25) is 13.9 Å². The van der Waals surface area contributed by atoms with Crippen molar-refractivity contribution in [2.45, 2.75) is 51.5 Å². The molecule has 0 unspecified atom stereocenters. The molecular weight excluding hydrogens is 386 g/mol. The SMILES string of the molecule is Cn1c(=O)c2c(ncn2CCCc2noc(CCCN3CCCCC3)n2)n(C)c1=O. The largest absolute Gasteiger partial charge is 0.339 e. The van der Waals surface area contributed by atoms with Crippen LogP contribution in [0.1, 0.15) is 43.8 Å². The van der Waals surface area contributed by atoms with Crippen molar-refractivity contribution >= 4 is 11.2 Å². The van der Waals surface area contributed by atoms with Crippen LogP contribution in [0.2, 0.25) is 0 Å². The number of fused-ring (bicyclic) bond motifs is 1. The van der Waals surface area contributed by atoms with Crippen molar-refractivity contribution in [2.24, 2.45) is 14.1 Å². The Hall–Kier alpha value is -2.75. The maximum absolute atomic E-state index is 12.5. The Labute approximate surface area is 174 Å². The van der Waals surface area contributed by atoms with Crippen LogP contribution >= 0.6 is 0 Å². The first-order valence-electron chi connectivity index (χ1n) is 10.7. The first kappa shape index (κ1) is 20.5. The summed E-state index contributed by atoms with van der Waals surface area (Å²) in [4.78, 5) is 35.8. The molecule has 1 aliphatic heterocycles. The molecule has 10 heteroatoms. The molecule has 0 spiro atoms. The van der Waals surface area contributed by atoms with E-state index in [4.69, 9.17) is 4.52 Å². The summed E-state index contributed by atoms with van der Waals surface area (Å²) < 4.78 is 9.67. The van der Waals surface area contributed by atoms with Gasteiger partial charge in [0.15, 0.2) is 17.0 Å². The normalized spacial score (nSPS) is 15.3. The van der Waals surface area contributed by atoms with E-state index >= 15 is 0 Å². The summed E-state index contributed by atoms with van der Waals surface area (Å²) in [5, 5.41) is 4.08. The zero-order chi connectivity index (χ0) is 21.1. The van der Waals surface area contributed by atoms with Crippen LogP contribution in [-0.2, 0) is 33.5 Å². The molecule has 4 heterocycles. The van der Waals surface area contributed by atoms with Crippen LogP contribution in [-0.4, -0.2) is 53.4 Å². The first-order chi connectivity index (χ1) is 14.5. The standard InChI is InChI=1S/C20H29N7O3/c1-24-18-17(19(28)25(2)20(24)29)27(14-21-18)13-6-8-15-22-16(30-23-15)9-7-12-26-10-4-3-5-11-26/h14H,3-13H2,1-2H3. The Morgan fingerprint density at radius 3 is 2.57 bits per heavy atom. The Balaban J connectivity index is 1.31. The van der Waals surface area contributed by atoms with E-state index < -0.39 is 0 Å². The van der Waals surface area contributed by atoms with E-state index in [2.05, 4.69) is 20.0 Å². The van der Waals surface area contributed by atoms with Crippen LogP contribution < -0.4 is 11.2 Å². The molecule has 1 saturated heterocycles. The maximum Gasteiger partial charge on any atom is 0.332 e. The molecule has 0 amide bonds. The molecule has 0 saturated carbocycles.